The van der Waals surface area contributed by atoms with Gasteiger partial charge in [0.05, 0.1) is 11.3 Å². The van der Waals surface area contributed by atoms with Crippen molar-refractivity contribution in [2.75, 3.05) is 7.05 Å². The lowest BCUT2D eigenvalue weighted by Gasteiger charge is -2.26. The van der Waals surface area contributed by atoms with Crippen molar-refractivity contribution in [1.29, 1.82) is 0 Å². The maximum absolute atomic E-state index is 12.6. The van der Waals surface area contributed by atoms with Gasteiger partial charge in [-0.3, -0.25) is 15.0 Å². The third-order valence-corrected chi connectivity index (χ3v) is 3.65. The van der Waals surface area contributed by atoms with E-state index in [0.29, 0.717) is 21.9 Å². The topological polar surface area (TPSA) is 64.9 Å². The van der Waals surface area contributed by atoms with Crippen molar-refractivity contribution in [3.8, 4) is 0 Å². The fraction of sp³-hybridized carbons (Fsp3) is 0.294. The molecular weight excluding hydrogens is 335 g/mol. The van der Waals surface area contributed by atoms with Gasteiger partial charge in [-0.1, -0.05) is 17.7 Å². The SMILES string of the molecule is CN=C1C(=C(C)C)C(NCc2ccc(C(F)(F)F)cc2)=CC(=O)N1O. The number of hydroxylamine groups is 2. The number of carbonyl (C=O) groups excluding carboxylic acids is 1. The van der Waals surface area contributed by atoms with Crippen LogP contribution in [0.4, 0.5) is 13.2 Å². The van der Waals surface area contributed by atoms with E-state index in [1.165, 1.54) is 25.3 Å². The Kier molecular flexibility index (Phi) is 5.32. The van der Waals surface area contributed by atoms with E-state index in [9.17, 15) is 23.2 Å². The van der Waals surface area contributed by atoms with Gasteiger partial charge in [-0.15, -0.1) is 0 Å². The normalized spacial score (nSPS) is 17.0. The van der Waals surface area contributed by atoms with Gasteiger partial charge in [-0.25, -0.2) is 0 Å². The minimum Gasteiger partial charge on any atom is -0.380 e. The van der Waals surface area contributed by atoms with E-state index >= 15 is 0 Å². The molecule has 5 nitrogen and oxygen atoms in total. The maximum Gasteiger partial charge on any atom is 0.416 e. The van der Waals surface area contributed by atoms with E-state index in [0.717, 1.165) is 17.7 Å². The predicted octanol–water partition coefficient (Wildman–Crippen LogP) is 3.28. The molecule has 0 aromatic heterocycles. The van der Waals surface area contributed by atoms with Crippen LogP contribution in [0.15, 0.2) is 52.2 Å². The molecule has 8 heteroatoms. The standard InChI is InChI=1S/C17H18F3N3O2/c1-10(2)15-13(8-14(24)23(25)16(15)21-3)22-9-11-4-6-12(7-5-11)17(18,19)20/h4-8,22,25H,9H2,1-3H3. The third kappa shape index (κ3) is 4.08. The van der Waals surface area contributed by atoms with Crippen molar-refractivity contribution in [3.05, 3.63) is 58.3 Å². The number of aliphatic imine (C=N–C) groups is 1. The minimum absolute atomic E-state index is 0.113. The number of amides is 1. The van der Waals surface area contributed by atoms with Crippen molar-refractivity contribution >= 4 is 11.7 Å². The summed E-state index contributed by atoms with van der Waals surface area (Å²) in [5.41, 5.74) is 1.74. The lowest BCUT2D eigenvalue weighted by Crippen LogP contribution is -2.40. The summed E-state index contributed by atoms with van der Waals surface area (Å²) >= 11 is 0. The van der Waals surface area contributed by atoms with Gasteiger partial charge in [0.25, 0.3) is 5.91 Å². The number of amidine groups is 1. The zero-order chi connectivity index (χ0) is 18.8. The predicted molar refractivity (Wildman–Crippen MR) is 86.7 cm³/mol. The molecule has 1 heterocycles. The monoisotopic (exact) mass is 353 g/mol. The van der Waals surface area contributed by atoms with Crippen molar-refractivity contribution in [3.63, 3.8) is 0 Å². The number of nitrogens with one attached hydrogen (secondary N) is 1. The number of allylic oxidation sites excluding steroid dienone is 1. The Hall–Kier alpha value is -2.61. The Morgan fingerprint density at radius 3 is 2.32 bits per heavy atom. The van der Waals surface area contributed by atoms with Gasteiger partial charge >= 0.3 is 6.18 Å². The average molecular weight is 353 g/mol. The number of halogens is 3. The van der Waals surface area contributed by atoms with Crippen LogP contribution in [0.3, 0.4) is 0 Å². The molecule has 0 unspecified atom stereocenters. The maximum atomic E-state index is 12.6. The van der Waals surface area contributed by atoms with E-state index in [1.54, 1.807) is 13.8 Å². The van der Waals surface area contributed by atoms with Crippen LogP contribution in [0.25, 0.3) is 0 Å². The zero-order valence-electron chi connectivity index (χ0n) is 14.0. The first-order chi connectivity index (χ1) is 11.6. The van der Waals surface area contributed by atoms with E-state index in [-0.39, 0.29) is 12.4 Å². The van der Waals surface area contributed by atoms with Crippen LogP contribution in [-0.2, 0) is 17.5 Å². The summed E-state index contributed by atoms with van der Waals surface area (Å²) in [5, 5.41) is 13.3. The van der Waals surface area contributed by atoms with Gasteiger partial charge in [0.2, 0.25) is 0 Å². The molecule has 0 fully saturated rings. The van der Waals surface area contributed by atoms with Crippen molar-refractivity contribution < 1.29 is 23.2 Å². The first-order valence-electron chi connectivity index (χ1n) is 7.44. The highest BCUT2D eigenvalue weighted by atomic mass is 19.4. The van der Waals surface area contributed by atoms with E-state index in [2.05, 4.69) is 10.3 Å². The average Bonchev–Trinajstić information content (AvgIpc) is 2.54. The number of hydrogen-bond donors (Lipinski definition) is 2. The molecule has 0 saturated heterocycles. The number of alkyl halides is 3. The summed E-state index contributed by atoms with van der Waals surface area (Å²) < 4.78 is 37.8. The number of rotatable bonds is 3. The van der Waals surface area contributed by atoms with Gasteiger partial charge in [-0.2, -0.15) is 18.2 Å². The van der Waals surface area contributed by atoms with Crippen LogP contribution in [-0.4, -0.2) is 29.1 Å². The number of hydrogen-bond acceptors (Lipinski definition) is 4. The summed E-state index contributed by atoms with van der Waals surface area (Å²) in [4.78, 5) is 15.8. The van der Waals surface area contributed by atoms with Gasteiger partial charge in [0, 0.05) is 25.2 Å². The third-order valence-electron chi connectivity index (χ3n) is 3.65. The fourth-order valence-corrected chi connectivity index (χ4v) is 2.44. The van der Waals surface area contributed by atoms with Crippen LogP contribution in [0.2, 0.25) is 0 Å². The number of benzene rings is 1. The first-order valence-corrected chi connectivity index (χ1v) is 7.44. The lowest BCUT2D eigenvalue weighted by atomic mass is 10.0. The molecule has 0 spiro atoms. The van der Waals surface area contributed by atoms with Crippen LogP contribution < -0.4 is 5.32 Å². The molecule has 1 aromatic carbocycles. The second-order valence-electron chi connectivity index (χ2n) is 5.68. The van der Waals surface area contributed by atoms with Gasteiger partial charge in [0.15, 0.2) is 5.84 Å². The summed E-state index contributed by atoms with van der Waals surface area (Å²) in [6.07, 6.45) is -3.16. The fourth-order valence-electron chi connectivity index (χ4n) is 2.44. The molecule has 25 heavy (non-hydrogen) atoms. The smallest absolute Gasteiger partial charge is 0.380 e. The highest BCUT2D eigenvalue weighted by Gasteiger charge is 2.30. The molecule has 1 aliphatic rings. The van der Waals surface area contributed by atoms with E-state index in [1.807, 2.05) is 0 Å². The van der Waals surface area contributed by atoms with Crippen LogP contribution in [0, 0.1) is 0 Å². The molecule has 0 aliphatic carbocycles. The molecule has 1 aliphatic heterocycles. The van der Waals surface area contributed by atoms with Crippen LogP contribution >= 0.6 is 0 Å². The Labute approximate surface area is 143 Å². The molecule has 1 aromatic rings. The van der Waals surface area contributed by atoms with E-state index < -0.39 is 17.6 Å². The second kappa shape index (κ2) is 7.10. The first kappa shape index (κ1) is 18.7. The molecule has 0 atom stereocenters. The second-order valence-corrected chi connectivity index (χ2v) is 5.68. The summed E-state index contributed by atoms with van der Waals surface area (Å²) in [6, 6.07) is 4.76. The molecule has 2 rings (SSSR count). The van der Waals surface area contributed by atoms with Gasteiger partial charge < -0.3 is 5.32 Å². The van der Waals surface area contributed by atoms with E-state index in [4.69, 9.17) is 0 Å². The number of nitrogens with zero attached hydrogens (tertiary/aromatic N) is 2. The quantitative estimate of drug-likeness (QED) is 0.820. The van der Waals surface area contributed by atoms with Crippen LogP contribution in [0.5, 0.6) is 0 Å². The van der Waals surface area contributed by atoms with Crippen molar-refractivity contribution in [2.45, 2.75) is 26.6 Å². The van der Waals surface area contributed by atoms with Crippen molar-refractivity contribution in [2.24, 2.45) is 4.99 Å². The summed E-state index contributed by atoms with van der Waals surface area (Å²) in [6.45, 7) is 3.83. The number of carbonyl (C=O) groups is 1. The molecule has 0 saturated carbocycles. The molecule has 0 bridgehead atoms. The Morgan fingerprint density at radius 1 is 1.24 bits per heavy atom. The van der Waals surface area contributed by atoms with Gasteiger partial charge in [-0.05, 0) is 31.5 Å². The van der Waals surface area contributed by atoms with Crippen molar-refractivity contribution in [1.82, 2.24) is 10.4 Å². The molecule has 1 amide bonds. The van der Waals surface area contributed by atoms with Crippen LogP contribution in [0.1, 0.15) is 25.0 Å². The molecule has 134 valence electrons. The highest BCUT2D eigenvalue weighted by Crippen LogP contribution is 2.29. The Balaban J connectivity index is 2.23. The lowest BCUT2D eigenvalue weighted by molar-refractivity contribution is -0.143. The molecule has 2 N–H and O–H groups in total. The molecule has 0 radical (unpaired) electrons. The van der Waals surface area contributed by atoms with Gasteiger partial charge in [0.1, 0.15) is 0 Å². The summed E-state index contributed by atoms with van der Waals surface area (Å²) in [7, 11) is 1.45. The Bertz CT molecular complexity index is 758. The zero-order valence-corrected chi connectivity index (χ0v) is 14.0. The minimum atomic E-state index is -4.38. The summed E-state index contributed by atoms with van der Waals surface area (Å²) in [5.74, 6) is -0.539. The largest absolute Gasteiger partial charge is 0.416 e. The highest BCUT2D eigenvalue weighted by molar-refractivity contribution is 6.15. The Morgan fingerprint density at radius 2 is 1.84 bits per heavy atom. The molecular formula is C17H18F3N3O2.